The number of carbonyl (C=O) groups excluding carboxylic acids is 2. The Labute approximate surface area is 163 Å². The van der Waals surface area contributed by atoms with Gasteiger partial charge in [-0.15, -0.1) is 0 Å². The average Bonchev–Trinajstić information content (AvgIpc) is 3.15. The molecule has 28 heavy (non-hydrogen) atoms. The number of nitrogens with zero attached hydrogens (tertiary/aromatic N) is 1. The second-order valence-corrected chi connectivity index (χ2v) is 6.80. The molecule has 0 aliphatic rings. The molecule has 0 bridgehead atoms. The van der Waals surface area contributed by atoms with Gasteiger partial charge >= 0.3 is 0 Å². The summed E-state index contributed by atoms with van der Waals surface area (Å²) < 4.78 is 5.33. The molecular formula is C22H23N3O3. The zero-order valence-electron chi connectivity index (χ0n) is 15.9. The predicted molar refractivity (Wildman–Crippen MR) is 106 cm³/mol. The summed E-state index contributed by atoms with van der Waals surface area (Å²) >= 11 is 0. The van der Waals surface area contributed by atoms with Crippen molar-refractivity contribution in [2.45, 2.75) is 32.4 Å². The number of amides is 2. The summed E-state index contributed by atoms with van der Waals surface area (Å²) in [5, 5.41) is 9.62. The fourth-order valence-electron chi connectivity index (χ4n) is 2.82. The fourth-order valence-corrected chi connectivity index (χ4v) is 2.82. The van der Waals surface area contributed by atoms with Gasteiger partial charge in [-0.05, 0) is 19.4 Å². The van der Waals surface area contributed by atoms with Crippen LogP contribution < -0.4 is 10.6 Å². The molecule has 1 atom stereocenters. The van der Waals surface area contributed by atoms with E-state index in [9.17, 15) is 9.59 Å². The molecule has 1 aromatic heterocycles. The zero-order chi connectivity index (χ0) is 19.9. The molecular weight excluding hydrogens is 354 g/mol. The van der Waals surface area contributed by atoms with E-state index < -0.39 is 6.04 Å². The number of nitrogens with one attached hydrogen (secondary N) is 2. The molecule has 2 aromatic carbocycles. The second-order valence-electron chi connectivity index (χ2n) is 6.80. The first-order valence-electron chi connectivity index (χ1n) is 9.18. The van der Waals surface area contributed by atoms with Crippen molar-refractivity contribution in [3.63, 3.8) is 0 Å². The van der Waals surface area contributed by atoms with Crippen LogP contribution in [0.15, 0.2) is 71.3 Å². The fraction of sp³-hybridized carbons (Fsp3) is 0.227. The van der Waals surface area contributed by atoms with Crippen molar-refractivity contribution in [1.82, 2.24) is 15.8 Å². The summed E-state index contributed by atoms with van der Waals surface area (Å²) in [7, 11) is 0. The highest BCUT2D eigenvalue weighted by Crippen LogP contribution is 2.20. The van der Waals surface area contributed by atoms with Crippen LogP contribution in [0.25, 0.3) is 11.3 Å². The van der Waals surface area contributed by atoms with E-state index in [0.29, 0.717) is 11.5 Å². The zero-order valence-corrected chi connectivity index (χ0v) is 15.9. The minimum absolute atomic E-state index is 0.0224. The van der Waals surface area contributed by atoms with Crippen LogP contribution in [0.3, 0.4) is 0 Å². The first-order valence-corrected chi connectivity index (χ1v) is 9.18. The summed E-state index contributed by atoms with van der Waals surface area (Å²) in [5.74, 6) is 0.0425. The molecule has 0 aliphatic heterocycles. The Kier molecular flexibility index (Phi) is 6.22. The van der Waals surface area contributed by atoms with Crippen LogP contribution in [0, 0.1) is 0 Å². The van der Waals surface area contributed by atoms with Crippen molar-refractivity contribution in [2.75, 3.05) is 0 Å². The number of aromatic nitrogens is 1. The number of hydrogen-bond acceptors (Lipinski definition) is 4. The van der Waals surface area contributed by atoms with E-state index in [0.717, 1.165) is 11.1 Å². The number of hydrogen-bond donors (Lipinski definition) is 2. The smallest absolute Gasteiger partial charge is 0.247 e. The van der Waals surface area contributed by atoms with E-state index >= 15 is 0 Å². The minimum atomic E-state index is -0.767. The standard InChI is InChI=1S/C22H23N3O3/c1-15(2)23-22(27)21(17-11-7-4-8-12-17)24-20(26)14-18-13-19(28-25-18)16-9-5-3-6-10-16/h3-13,15,21H,14H2,1-2H3,(H,23,27)(H,24,26)/t21-/m0/s1. The molecule has 0 spiro atoms. The van der Waals surface area contributed by atoms with Crippen LogP contribution in [0.4, 0.5) is 0 Å². The molecule has 1 heterocycles. The van der Waals surface area contributed by atoms with E-state index in [2.05, 4.69) is 15.8 Å². The molecule has 3 rings (SSSR count). The quantitative estimate of drug-likeness (QED) is 0.662. The van der Waals surface area contributed by atoms with Gasteiger partial charge in [-0.1, -0.05) is 65.8 Å². The van der Waals surface area contributed by atoms with Crippen molar-refractivity contribution in [3.8, 4) is 11.3 Å². The summed E-state index contributed by atoms with van der Waals surface area (Å²) in [5.41, 5.74) is 2.12. The van der Waals surface area contributed by atoms with E-state index in [4.69, 9.17) is 4.52 Å². The Morgan fingerprint density at radius 3 is 2.25 bits per heavy atom. The Hall–Kier alpha value is -3.41. The van der Waals surface area contributed by atoms with Crippen molar-refractivity contribution in [1.29, 1.82) is 0 Å². The Morgan fingerprint density at radius 1 is 0.964 bits per heavy atom. The van der Waals surface area contributed by atoms with Gasteiger partial charge in [-0.3, -0.25) is 9.59 Å². The average molecular weight is 377 g/mol. The first kappa shape index (κ1) is 19.4. The highest BCUT2D eigenvalue weighted by Gasteiger charge is 2.23. The Morgan fingerprint density at radius 2 is 1.61 bits per heavy atom. The lowest BCUT2D eigenvalue weighted by molar-refractivity contribution is -0.129. The van der Waals surface area contributed by atoms with Gasteiger partial charge in [0, 0.05) is 17.7 Å². The first-order chi connectivity index (χ1) is 13.5. The van der Waals surface area contributed by atoms with Crippen LogP contribution in [0.1, 0.15) is 31.1 Å². The van der Waals surface area contributed by atoms with Crippen LogP contribution >= 0.6 is 0 Å². The number of benzene rings is 2. The third kappa shape index (κ3) is 5.07. The molecule has 0 saturated heterocycles. The number of carbonyl (C=O) groups is 2. The van der Waals surface area contributed by atoms with E-state index in [1.807, 2.05) is 74.5 Å². The van der Waals surface area contributed by atoms with Crippen LogP contribution in [0.5, 0.6) is 0 Å². The van der Waals surface area contributed by atoms with Gasteiger partial charge in [0.05, 0.1) is 12.1 Å². The summed E-state index contributed by atoms with van der Waals surface area (Å²) in [6.07, 6.45) is 0.0224. The van der Waals surface area contributed by atoms with Crippen molar-refractivity contribution in [3.05, 3.63) is 78.0 Å². The highest BCUT2D eigenvalue weighted by atomic mass is 16.5. The molecule has 144 valence electrons. The van der Waals surface area contributed by atoms with Gasteiger partial charge in [0.25, 0.3) is 0 Å². The van der Waals surface area contributed by atoms with E-state index in [-0.39, 0.29) is 24.3 Å². The highest BCUT2D eigenvalue weighted by molar-refractivity contribution is 5.89. The third-order valence-electron chi connectivity index (χ3n) is 4.09. The lowest BCUT2D eigenvalue weighted by atomic mass is 10.1. The summed E-state index contributed by atoms with van der Waals surface area (Å²) in [4.78, 5) is 25.1. The van der Waals surface area contributed by atoms with E-state index in [1.165, 1.54) is 0 Å². The van der Waals surface area contributed by atoms with Crippen molar-refractivity contribution >= 4 is 11.8 Å². The maximum atomic E-state index is 12.6. The largest absolute Gasteiger partial charge is 0.356 e. The van der Waals surface area contributed by atoms with Crippen LogP contribution in [-0.4, -0.2) is 23.0 Å². The topological polar surface area (TPSA) is 84.2 Å². The lowest BCUT2D eigenvalue weighted by Crippen LogP contribution is -2.43. The normalized spacial score (nSPS) is 11.8. The van der Waals surface area contributed by atoms with Crippen molar-refractivity contribution < 1.29 is 14.1 Å². The molecule has 0 fully saturated rings. The molecule has 6 heteroatoms. The maximum Gasteiger partial charge on any atom is 0.247 e. The molecule has 0 radical (unpaired) electrons. The second kappa shape index (κ2) is 8.99. The molecule has 0 saturated carbocycles. The van der Waals surface area contributed by atoms with Crippen molar-refractivity contribution in [2.24, 2.45) is 0 Å². The van der Waals surface area contributed by atoms with Crippen LogP contribution in [-0.2, 0) is 16.0 Å². The molecule has 0 unspecified atom stereocenters. The lowest BCUT2D eigenvalue weighted by Gasteiger charge is -2.20. The van der Waals surface area contributed by atoms with Gasteiger partial charge in [-0.25, -0.2) is 0 Å². The molecule has 2 amide bonds. The van der Waals surface area contributed by atoms with Crippen LogP contribution in [0.2, 0.25) is 0 Å². The third-order valence-corrected chi connectivity index (χ3v) is 4.09. The van der Waals surface area contributed by atoms with Gasteiger partial charge in [-0.2, -0.15) is 0 Å². The SMILES string of the molecule is CC(C)NC(=O)[C@@H](NC(=O)Cc1cc(-c2ccccc2)on1)c1ccccc1. The van der Waals surface area contributed by atoms with Gasteiger partial charge in [0.15, 0.2) is 5.76 Å². The molecule has 2 N–H and O–H groups in total. The van der Waals surface area contributed by atoms with Gasteiger partial charge in [0.1, 0.15) is 6.04 Å². The maximum absolute atomic E-state index is 12.6. The summed E-state index contributed by atoms with van der Waals surface area (Å²) in [6, 6.07) is 19.6. The molecule has 3 aromatic rings. The Bertz CT molecular complexity index is 920. The monoisotopic (exact) mass is 377 g/mol. The van der Waals surface area contributed by atoms with Gasteiger partial charge < -0.3 is 15.2 Å². The minimum Gasteiger partial charge on any atom is -0.356 e. The van der Waals surface area contributed by atoms with Gasteiger partial charge in [0.2, 0.25) is 11.8 Å². The molecule has 0 aliphatic carbocycles. The summed E-state index contributed by atoms with van der Waals surface area (Å²) in [6.45, 7) is 3.75. The predicted octanol–water partition coefficient (Wildman–Crippen LogP) is 3.27. The Balaban J connectivity index is 1.70. The number of rotatable bonds is 7. The molecule has 6 nitrogen and oxygen atoms in total. The van der Waals surface area contributed by atoms with E-state index in [1.54, 1.807) is 6.07 Å².